The first-order valence-corrected chi connectivity index (χ1v) is 10.6. The standard InChI is InChI=1S/C27H21NO5/c29-26(30)16-32-25-14-13-24(21-11-5-6-12-22(21)25)28-27(31)33-15-23-19-9-3-1-7-17(19)18-8-2-4-10-20(18)23/h1-14,23H,15-16H2,(H,28,31)(H,29,30). The quantitative estimate of drug-likeness (QED) is 0.405. The summed E-state index contributed by atoms with van der Waals surface area (Å²) in [6.45, 7) is -0.221. The minimum Gasteiger partial charge on any atom is -0.481 e. The Labute approximate surface area is 190 Å². The number of aliphatic carboxylic acids is 1. The van der Waals surface area contributed by atoms with Gasteiger partial charge in [-0.05, 0) is 34.4 Å². The van der Waals surface area contributed by atoms with Gasteiger partial charge in [-0.2, -0.15) is 0 Å². The van der Waals surface area contributed by atoms with Crippen LogP contribution in [0.4, 0.5) is 10.5 Å². The number of carboxylic acids is 1. The Hall–Kier alpha value is -4.32. The van der Waals surface area contributed by atoms with Crippen LogP contribution < -0.4 is 10.1 Å². The zero-order valence-electron chi connectivity index (χ0n) is 17.7. The summed E-state index contributed by atoms with van der Waals surface area (Å²) in [5, 5.41) is 13.1. The number of hydrogen-bond donors (Lipinski definition) is 2. The van der Waals surface area contributed by atoms with E-state index < -0.39 is 18.7 Å². The first-order chi connectivity index (χ1) is 16.1. The summed E-state index contributed by atoms with van der Waals surface area (Å²) in [6, 6.07) is 27.0. The van der Waals surface area contributed by atoms with E-state index in [9.17, 15) is 9.59 Å². The number of carbonyl (C=O) groups is 2. The lowest BCUT2D eigenvalue weighted by Gasteiger charge is -2.16. The van der Waals surface area contributed by atoms with Gasteiger partial charge in [-0.15, -0.1) is 0 Å². The number of carboxylic acid groups (broad SMARTS) is 1. The molecule has 1 amide bonds. The van der Waals surface area contributed by atoms with Crippen molar-refractivity contribution in [3.63, 3.8) is 0 Å². The van der Waals surface area contributed by atoms with Crippen molar-refractivity contribution in [2.45, 2.75) is 5.92 Å². The highest BCUT2D eigenvalue weighted by atomic mass is 16.5. The highest BCUT2D eigenvalue weighted by Crippen LogP contribution is 2.44. The maximum atomic E-state index is 12.7. The lowest BCUT2D eigenvalue weighted by Crippen LogP contribution is -2.18. The molecule has 0 atom stereocenters. The second-order valence-electron chi connectivity index (χ2n) is 7.79. The van der Waals surface area contributed by atoms with Gasteiger partial charge in [-0.1, -0.05) is 72.8 Å². The topological polar surface area (TPSA) is 84.9 Å². The molecule has 1 aliphatic carbocycles. The minimum atomic E-state index is -1.06. The Morgan fingerprint density at radius 3 is 2.06 bits per heavy atom. The Morgan fingerprint density at radius 1 is 0.788 bits per heavy atom. The van der Waals surface area contributed by atoms with E-state index in [1.54, 1.807) is 12.1 Å². The summed E-state index contributed by atoms with van der Waals surface area (Å²) in [4.78, 5) is 23.6. The van der Waals surface area contributed by atoms with Gasteiger partial charge in [-0.3, -0.25) is 5.32 Å². The average Bonchev–Trinajstić information content (AvgIpc) is 3.16. The molecule has 0 spiro atoms. The predicted molar refractivity (Wildman–Crippen MR) is 126 cm³/mol. The second-order valence-corrected chi connectivity index (χ2v) is 7.79. The lowest BCUT2D eigenvalue weighted by atomic mass is 9.98. The van der Waals surface area contributed by atoms with E-state index in [0.29, 0.717) is 16.8 Å². The number of rotatable bonds is 6. The number of nitrogens with one attached hydrogen (secondary N) is 1. The van der Waals surface area contributed by atoms with E-state index in [1.165, 1.54) is 11.1 Å². The number of benzene rings is 4. The van der Waals surface area contributed by atoms with Crippen LogP contribution in [0, 0.1) is 0 Å². The van der Waals surface area contributed by atoms with Crippen molar-refractivity contribution in [1.29, 1.82) is 0 Å². The highest BCUT2D eigenvalue weighted by molar-refractivity contribution is 6.02. The van der Waals surface area contributed by atoms with Gasteiger partial charge in [0.25, 0.3) is 0 Å². The molecular formula is C27H21NO5. The van der Waals surface area contributed by atoms with Crippen LogP contribution in [-0.4, -0.2) is 30.4 Å². The van der Waals surface area contributed by atoms with Crippen LogP contribution in [0.3, 0.4) is 0 Å². The fourth-order valence-electron chi connectivity index (χ4n) is 4.39. The molecule has 0 radical (unpaired) electrons. The largest absolute Gasteiger partial charge is 0.481 e. The molecule has 4 aromatic rings. The van der Waals surface area contributed by atoms with Crippen LogP contribution in [0.5, 0.6) is 5.75 Å². The third-order valence-electron chi connectivity index (χ3n) is 5.82. The van der Waals surface area contributed by atoms with Gasteiger partial charge in [0.2, 0.25) is 0 Å². The first-order valence-electron chi connectivity index (χ1n) is 10.6. The van der Waals surface area contributed by atoms with Gasteiger partial charge < -0.3 is 14.6 Å². The zero-order chi connectivity index (χ0) is 22.8. The molecule has 6 nitrogen and oxygen atoms in total. The minimum absolute atomic E-state index is 0.0216. The van der Waals surface area contributed by atoms with Gasteiger partial charge >= 0.3 is 12.1 Å². The normalized spacial score (nSPS) is 12.1. The molecule has 0 bridgehead atoms. The van der Waals surface area contributed by atoms with Crippen molar-refractivity contribution in [1.82, 2.24) is 0 Å². The highest BCUT2D eigenvalue weighted by Gasteiger charge is 2.29. The Balaban J connectivity index is 1.33. The van der Waals surface area contributed by atoms with Crippen molar-refractivity contribution < 1.29 is 24.2 Å². The smallest absolute Gasteiger partial charge is 0.411 e. The number of fused-ring (bicyclic) bond motifs is 4. The molecule has 0 aromatic heterocycles. The summed E-state index contributed by atoms with van der Waals surface area (Å²) in [7, 11) is 0. The second kappa shape index (κ2) is 8.67. The van der Waals surface area contributed by atoms with Crippen molar-refractivity contribution in [2.24, 2.45) is 0 Å². The van der Waals surface area contributed by atoms with Gasteiger partial charge in [0.1, 0.15) is 12.4 Å². The molecule has 5 rings (SSSR count). The van der Waals surface area contributed by atoms with Gasteiger partial charge in [-0.25, -0.2) is 9.59 Å². The average molecular weight is 439 g/mol. The third-order valence-corrected chi connectivity index (χ3v) is 5.82. The zero-order valence-corrected chi connectivity index (χ0v) is 17.7. The van der Waals surface area contributed by atoms with Crippen molar-refractivity contribution in [2.75, 3.05) is 18.5 Å². The molecule has 164 valence electrons. The molecule has 0 aliphatic heterocycles. The molecule has 2 N–H and O–H groups in total. The van der Waals surface area contributed by atoms with E-state index in [1.807, 2.05) is 48.5 Å². The maximum Gasteiger partial charge on any atom is 0.411 e. The molecular weight excluding hydrogens is 418 g/mol. The Kier molecular flexibility index (Phi) is 5.40. The van der Waals surface area contributed by atoms with Crippen LogP contribution in [0.15, 0.2) is 84.9 Å². The molecule has 0 saturated heterocycles. The number of anilines is 1. The van der Waals surface area contributed by atoms with Crippen molar-refractivity contribution in [3.8, 4) is 16.9 Å². The first kappa shape index (κ1) is 20.6. The Bertz CT molecular complexity index is 1320. The molecule has 4 aromatic carbocycles. The van der Waals surface area contributed by atoms with Crippen LogP contribution >= 0.6 is 0 Å². The van der Waals surface area contributed by atoms with Crippen LogP contribution in [-0.2, 0) is 9.53 Å². The molecule has 33 heavy (non-hydrogen) atoms. The van der Waals surface area contributed by atoms with E-state index in [-0.39, 0.29) is 12.5 Å². The number of carbonyl (C=O) groups excluding carboxylic acids is 1. The van der Waals surface area contributed by atoms with Crippen molar-refractivity contribution >= 4 is 28.5 Å². The van der Waals surface area contributed by atoms with Gasteiger partial charge in [0.05, 0.1) is 5.69 Å². The summed E-state index contributed by atoms with van der Waals surface area (Å²) in [6.07, 6.45) is -0.554. The molecule has 0 unspecified atom stereocenters. The van der Waals surface area contributed by atoms with E-state index in [4.69, 9.17) is 14.6 Å². The van der Waals surface area contributed by atoms with E-state index >= 15 is 0 Å². The Morgan fingerprint density at radius 2 is 1.39 bits per heavy atom. The van der Waals surface area contributed by atoms with Crippen LogP contribution in [0.1, 0.15) is 17.0 Å². The van der Waals surface area contributed by atoms with Gasteiger partial charge in [0.15, 0.2) is 6.61 Å². The van der Waals surface area contributed by atoms with Crippen LogP contribution in [0.25, 0.3) is 21.9 Å². The molecule has 1 aliphatic rings. The van der Waals surface area contributed by atoms with E-state index in [0.717, 1.165) is 16.5 Å². The molecule has 0 heterocycles. The monoisotopic (exact) mass is 439 g/mol. The van der Waals surface area contributed by atoms with Gasteiger partial charge in [0, 0.05) is 16.7 Å². The number of hydrogen-bond acceptors (Lipinski definition) is 4. The summed E-state index contributed by atoms with van der Waals surface area (Å²) < 4.78 is 11.0. The third kappa shape index (κ3) is 3.99. The summed E-state index contributed by atoms with van der Waals surface area (Å²) in [5.41, 5.74) is 5.20. The molecule has 6 heteroatoms. The number of amides is 1. The SMILES string of the molecule is O=C(O)COc1ccc(NC(=O)OCC2c3ccccc3-c3ccccc32)c2ccccc12. The molecule has 0 fully saturated rings. The predicted octanol–water partition coefficient (Wildman–Crippen LogP) is 5.66. The van der Waals surface area contributed by atoms with Crippen molar-refractivity contribution in [3.05, 3.63) is 96.1 Å². The fraction of sp³-hybridized carbons (Fsp3) is 0.111. The molecule has 0 saturated carbocycles. The summed E-state index contributed by atoms with van der Waals surface area (Å²) >= 11 is 0. The number of ether oxygens (including phenoxy) is 2. The van der Waals surface area contributed by atoms with E-state index in [2.05, 4.69) is 29.6 Å². The fourth-order valence-corrected chi connectivity index (χ4v) is 4.39. The van der Waals surface area contributed by atoms with Crippen LogP contribution in [0.2, 0.25) is 0 Å². The summed E-state index contributed by atoms with van der Waals surface area (Å²) in [5.74, 6) is -0.641. The maximum absolute atomic E-state index is 12.7. The lowest BCUT2D eigenvalue weighted by molar-refractivity contribution is -0.139.